The van der Waals surface area contributed by atoms with E-state index in [1.54, 1.807) is 30.3 Å². The molecule has 0 radical (unpaired) electrons. The van der Waals surface area contributed by atoms with Gasteiger partial charge in [-0.2, -0.15) is 0 Å². The number of nitrogen functional groups attached to an aromatic ring is 1. The molecule has 20 heavy (non-hydrogen) atoms. The molecule has 0 bridgehead atoms. The first-order chi connectivity index (χ1) is 9.61. The zero-order valence-electron chi connectivity index (χ0n) is 10.4. The number of halogens is 1. The van der Waals surface area contributed by atoms with Crippen LogP contribution in [0.25, 0.3) is 11.1 Å². The van der Waals surface area contributed by atoms with Gasteiger partial charge in [-0.3, -0.25) is 0 Å². The maximum absolute atomic E-state index is 12.8. The van der Waals surface area contributed by atoms with E-state index in [4.69, 9.17) is 10.2 Å². The van der Waals surface area contributed by atoms with Crippen LogP contribution >= 0.6 is 0 Å². The first-order valence-electron chi connectivity index (χ1n) is 5.91. The van der Waals surface area contributed by atoms with E-state index in [1.807, 2.05) is 0 Å². The molecule has 0 saturated carbocycles. The van der Waals surface area contributed by atoms with Crippen molar-refractivity contribution in [1.82, 2.24) is 4.98 Å². The Morgan fingerprint density at radius 1 is 1.20 bits per heavy atom. The first-order valence-corrected chi connectivity index (χ1v) is 7.22. The lowest BCUT2D eigenvalue weighted by atomic mass is 10.2. The van der Waals surface area contributed by atoms with Crippen LogP contribution in [0.5, 0.6) is 0 Å². The van der Waals surface area contributed by atoms with E-state index in [0.29, 0.717) is 16.8 Å². The van der Waals surface area contributed by atoms with Crippen LogP contribution in [0.15, 0.2) is 52.1 Å². The van der Waals surface area contributed by atoms with Gasteiger partial charge in [-0.1, -0.05) is 12.1 Å². The summed E-state index contributed by atoms with van der Waals surface area (Å²) in [6.45, 7) is 0. The van der Waals surface area contributed by atoms with E-state index >= 15 is 0 Å². The zero-order valence-corrected chi connectivity index (χ0v) is 11.2. The predicted octanol–water partition coefficient (Wildman–Crippen LogP) is 2.86. The Morgan fingerprint density at radius 2 is 1.95 bits per heavy atom. The summed E-state index contributed by atoms with van der Waals surface area (Å²) >= 11 is 0. The average molecular weight is 290 g/mol. The molecule has 1 aromatic heterocycles. The minimum atomic E-state index is -1.42. The second kappa shape index (κ2) is 5.05. The van der Waals surface area contributed by atoms with Gasteiger partial charge in [-0.25, -0.2) is 13.6 Å². The molecule has 3 aromatic rings. The molecule has 0 aliphatic rings. The molecule has 0 saturated heterocycles. The Morgan fingerprint density at radius 3 is 2.70 bits per heavy atom. The molecule has 2 aromatic carbocycles. The normalized spacial score (nSPS) is 12.7. The van der Waals surface area contributed by atoms with E-state index in [0.717, 1.165) is 5.56 Å². The smallest absolute Gasteiger partial charge is 0.288 e. The molecule has 1 atom stereocenters. The third-order valence-corrected chi connectivity index (χ3v) is 3.96. The van der Waals surface area contributed by atoms with Gasteiger partial charge in [0, 0.05) is 11.8 Å². The van der Waals surface area contributed by atoms with Crippen LogP contribution in [-0.2, 0) is 16.6 Å². The number of aromatic nitrogens is 1. The molecule has 1 heterocycles. The van der Waals surface area contributed by atoms with Crippen molar-refractivity contribution < 1.29 is 13.0 Å². The summed E-state index contributed by atoms with van der Waals surface area (Å²) in [5.74, 6) is -0.0976. The quantitative estimate of drug-likeness (QED) is 0.753. The molecule has 0 aliphatic heterocycles. The Balaban J connectivity index is 1.86. The third-order valence-electron chi connectivity index (χ3n) is 2.80. The molecule has 0 aliphatic carbocycles. The second-order valence-corrected chi connectivity index (χ2v) is 5.65. The van der Waals surface area contributed by atoms with Gasteiger partial charge in [0.1, 0.15) is 22.1 Å². The van der Waals surface area contributed by atoms with Crippen LogP contribution in [0.3, 0.4) is 0 Å². The van der Waals surface area contributed by atoms with E-state index in [2.05, 4.69) is 4.98 Å². The van der Waals surface area contributed by atoms with Gasteiger partial charge < -0.3 is 10.2 Å². The van der Waals surface area contributed by atoms with Crippen LogP contribution < -0.4 is 5.73 Å². The molecule has 0 spiro atoms. The molecule has 4 nitrogen and oxygen atoms in total. The van der Waals surface area contributed by atoms with Gasteiger partial charge in [0.2, 0.25) is 0 Å². The van der Waals surface area contributed by atoms with Crippen molar-refractivity contribution in [3.63, 3.8) is 0 Å². The molecule has 1 unspecified atom stereocenters. The van der Waals surface area contributed by atoms with Gasteiger partial charge in [0.05, 0.1) is 5.75 Å². The molecule has 0 fully saturated rings. The van der Waals surface area contributed by atoms with Crippen LogP contribution in [0, 0.1) is 5.82 Å². The summed E-state index contributed by atoms with van der Waals surface area (Å²) in [6.07, 6.45) is 0. The summed E-state index contributed by atoms with van der Waals surface area (Å²) in [5.41, 5.74) is 8.08. The Labute approximate surface area is 116 Å². The lowest BCUT2D eigenvalue weighted by Gasteiger charge is -1.98. The number of oxazole rings is 1. The fraction of sp³-hybridized carbons (Fsp3) is 0.0714. The van der Waals surface area contributed by atoms with Gasteiger partial charge in [-0.15, -0.1) is 0 Å². The lowest BCUT2D eigenvalue weighted by Crippen LogP contribution is -1.96. The van der Waals surface area contributed by atoms with Gasteiger partial charge in [-0.05, 0) is 29.8 Å². The monoisotopic (exact) mass is 290 g/mol. The fourth-order valence-corrected chi connectivity index (χ4v) is 2.81. The van der Waals surface area contributed by atoms with Crippen LogP contribution in [-0.4, -0.2) is 9.19 Å². The summed E-state index contributed by atoms with van der Waals surface area (Å²) in [6, 6.07) is 10.9. The van der Waals surface area contributed by atoms with E-state index in [1.165, 1.54) is 12.1 Å². The van der Waals surface area contributed by atoms with Gasteiger partial charge in [0.25, 0.3) is 5.22 Å². The Hall–Kier alpha value is -2.21. The van der Waals surface area contributed by atoms with Crippen LogP contribution in [0.1, 0.15) is 5.56 Å². The number of rotatable bonds is 3. The van der Waals surface area contributed by atoms with Crippen molar-refractivity contribution in [2.45, 2.75) is 11.0 Å². The molecule has 0 amide bonds. The highest BCUT2D eigenvalue weighted by Crippen LogP contribution is 2.21. The van der Waals surface area contributed by atoms with E-state index in [-0.39, 0.29) is 16.8 Å². The summed E-state index contributed by atoms with van der Waals surface area (Å²) < 4.78 is 30.4. The minimum absolute atomic E-state index is 0.148. The first kappa shape index (κ1) is 12.8. The van der Waals surface area contributed by atoms with Gasteiger partial charge in [0.15, 0.2) is 5.58 Å². The number of anilines is 1. The van der Waals surface area contributed by atoms with Crippen molar-refractivity contribution in [1.29, 1.82) is 0 Å². The maximum Gasteiger partial charge on any atom is 0.288 e. The maximum atomic E-state index is 12.8. The van der Waals surface area contributed by atoms with Crippen LogP contribution in [0.2, 0.25) is 0 Å². The average Bonchev–Trinajstić information content (AvgIpc) is 2.84. The lowest BCUT2D eigenvalue weighted by molar-refractivity contribution is 0.477. The van der Waals surface area contributed by atoms with Gasteiger partial charge >= 0.3 is 0 Å². The van der Waals surface area contributed by atoms with E-state index in [9.17, 15) is 8.60 Å². The molecule has 2 N–H and O–H groups in total. The molecule has 102 valence electrons. The topological polar surface area (TPSA) is 69.1 Å². The van der Waals surface area contributed by atoms with E-state index < -0.39 is 10.8 Å². The number of nitrogens with zero attached hydrogens (tertiary/aromatic N) is 1. The minimum Gasteiger partial charge on any atom is -0.430 e. The highest BCUT2D eigenvalue weighted by Gasteiger charge is 2.13. The highest BCUT2D eigenvalue weighted by molar-refractivity contribution is 7.84. The Kier molecular flexibility index (Phi) is 3.23. The predicted molar refractivity (Wildman–Crippen MR) is 74.9 cm³/mol. The third kappa shape index (κ3) is 2.55. The second-order valence-electron chi connectivity index (χ2n) is 4.32. The summed E-state index contributed by atoms with van der Waals surface area (Å²) in [4.78, 5) is 4.17. The number of hydrogen-bond acceptors (Lipinski definition) is 4. The zero-order chi connectivity index (χ0) is 14.1. The molecule has 3 rings (SSSR count). The van der Waals surface area contributed by atoms with Crippen molar-refractivity contribution in [3.8, 4) is 0 Å². The summed E-state index contributed by atoms with van der Waals surface area (Å²) in [5, 5.41) is 0.148. The fourth-order valence-electron chi connectivity index (χ4n) is 1.81. The van der Waals surface area contributed by atoms with Crippen molar-refractivity contribution in [3.05, 3.63) is 53.8 Å². The summed E-state index contributed by atoms with van der Waals surface area (Å²) in [7, 11) is -1.42. The van der Waals surface area contributed by atoms with Crippen molar-refractivity contribution in [2.24, 2.45) is 0 Å². The number of fused-ring (bicyclic) bond motifs is 1. The Bertz CT molecular complexity index is 783. The van der Waals surface area contributed by atoms with Crippen molar-refractivity contribution >= 4 is 27.6 Å². The standard InChI is InChI=1S/C14H11FN2O2S/c15-10-3-1-9(2-4-10)8-20(18)14-17-12-6-5-11(16)7-13(12)19-14/h1-7H,8,16H2. The SMILES string of the molecule is Nc1ccc2nc(S(=O)Cc3ccc(F)cc3)oc2c1. The van der Waals surface area contributed by atoms with Crippen molar-refractivity contribution in [2.75, 3.05) is 5.73 Å². The molecular formula is C14H11FN2O2S. The number of nitrogens with two attached hydrogens (primary N) is 1. The van der Waals surface area contributed by atoms with Crippen LogP contribution in [0.4, 0.5) is 10.1 Å². The number of hydrogen-bond donors (Lipinski definition) is 1. The highest BCUT2D eigenvalue weighted by atomic mass is 32.2. The largest absolute Gasteiger partial charge is 0.430 e. The molecule has 6 heteroatoms. The molecular weight excluding hydrogens is 279 g/mol. The number of benzene rings is 2.